The first-order chi connectivity index (χ1) is 15.9. The number of halogens is 2. The van der Waals surface area contributed by atoms with Gasteiger partial charge in [0.2, 0.25) is 0 Å². The predicted molar refractivity (Wildman–Crippen MR) is 124 cm³/mol. The van der Waals surface area contributed by atoms with Gasteiger partial charge < -0.3 is 14.9 Å². The third-order valence-corrected chi connectivity index (χ3v) is 7.20. The first-order valence-corrected chi connectivity index (χ1v) is 12.1. The first kappa shape index (κ1) is 25.6. The highest BCUT2D eigenvalue weighted by molar-refractivity contribution is 5.66. The smallest absolute Gasteiger partial charge is 0.303 e. The highest BCUT2D eigenvalue weighted by Gasteiger charge is 2.58. The second kappa shape index (κ2) is 11.9. The Kier molecular flexibility index (Phi) is 9.21. The average molecular weight is 463 g/mol. The van der Waals surface area contributed by atoms with Crippen LogP contribution in [0, 0.1) is 17.7 Å². The summed E-state index contributed by atoms with van der Waals surface area (Å²) >= 11 is 0. The third kappa shape index (κ3) is 6.30. The number of hydrogen-bond acceptors (Lipinski definition) is 3. The van der Waals surface area contributed by atoms with E-state index < -0.39 is 18.2 Å². The van der Waals surface area contributed by atoms with Gasteiger partial charge in [-0.25, -0.2) is 8.78 Å². The maximum Gasteiger partial charge on any atom is 0.303 e. The number of alkyl halides is 1. The maximum absolute atomic E-state index is 14.3. The van der Waals surface area contributed by atoms with Crippen LogP contribution in [-0.2, 0) is 14.9 Å². The van der Waals surface area contributed by atoms with Crippen LogP contribution < -0.4 is 0 Å². The van der Waals surface area contributed by atoms with Gasteiger partial charge in [0.05, 0.1) is 12.7 Å². The van der Waals surface area contributed by atoms with Crippen LogP contribution >= 0.6 is 0 Å². The van der Waals surface area contributed by atoms with Crippen molar-refractivity contribution in [2.24, 2.45) is 11.8 Å². The molecule has 0 spiro atoms. The first-order valence-electron chi connectivity index (χ1n) is 12.1. The number of ether oxygens (including phenoxy) is 1. The summed E-state index contributed by atoms with van der Waals surface area (Å²) in [5.74, 6) is -0.896. The van der Waals surface area contributed by atoms with Crippen LogP contribution in [0.25, 0.3) is 0 Å². The number of carboxylic acid groups (broad SMARTS) is 1. The van der Waals surface area contributed by atoms with Gasteiger partial charge in [-0.3, -0.25) is 4.79 Å². The average Bonchev–Trinajstić information content (AvgIpc) is 3.36. The van der Waals surface area contributed by atoms with Crippen molar-refractivity contribution < 1.29 is 28.5 Å². The van der Waals surface area contributed by atoms with Crippen molar-refractivity contribution in [1.82, 2.24) is 0 Å². The van der Waals surface area contributed by atoms with Gasteiger partial charge >= 0.3 is 5.97 Å². The molecule has 3 rings (SSSR count). The van der Waals surface area contributed by atoms with E-state index in [0.717, 1.165) is 31.2 Å². The number of hydrogen-bond donors (Lipinski definition) is 2. The quantitative estimate of drug-likeness (QED) is 0.290. The van der Waals surface area contributed by atoms with E-state index in [4.69, 9.17) is 9.84 Å². The molecule has 0 aromatic heterocycles. The second-order valence-electron chi connectivity index (χ2n) is 9.43. The molecule has 1 unspecified atom stereocenters. The van der Waals surface area contributed by atoms with Gasteiger partial charge in [-0.1, -0.05) is 56.2 Å². The Morgan fingerprint density at radius 1 is 1.27 bits per heavy atom. The van der Waals surface area contributed by atoms with E-state index in [9.17, 15) is 18.7 Å². The third-order valence-electron chi connectivity index (χ3n) is 7.20. The lowest BCUT2D eigenvalue weighted by Crippen LogP contribution is -2.39. The molecule has 1 aliphatic heterocycles. The van der Waals surface area contributed by atoms with E-state index in [2.05, 4.69) is 6.08 Å². The molecule has 1 aromatic rings. The van der Waals surface area contributed by atoms with Crippen LogP contribution in [0.5, 0.6) is 0 Å². The van der Waals surface area contributed by atoms with Crippen LogP contribution in [0.1, 0.15) is 63.9 Å². The van der Waals surface area contributed by atoms with Gasteiger partial charge in [-0.2, -0.15) is 0 Å². The van der Waals surface area contributed by atoms with E-state index >= 15 is 0 Å². The Labute approximate surface area is 195 Å². The summed E-state index contributed by atoms with van der Waals surface area (Å²) in [5.41, 5.74) is 0.777. The molecule has 4 nitrogen and oxygen atoms in total. The van der Waals surface area contributed by atoms with E-state index in [0.29, 0.717) is 25.9 Å². The van der Waals surface area contributed by atoms with Crippen molar-refractivity contribution in [2.45, 2.75) is 82.1 Å². The Hall–Kier alpha value is -2.05. The molecule has 2 fully saturated rings. The molecule has 6 heteroatoms. The molecular formula is C27H36F2O4. The molecule has 2 N–H and O–H groups in total. The molecule has 33 heavy (non-hydrogen) atoms. The number of allylic oxidation sites excluding steroid dienone is 2. The summed E-state index contributed by atoms with van der Waals surface area (Å²) < 4.78 is 34.0. The number of carbonyl (C=O) groups is 1. The van der Waals surface area contributed by atoms with Gasteiger partial charge in [-0.15, -0.1) is 0 Å². The van der Waals surface area contributed by atoms with Crippen LogP contribution in [0.4, 0.5) is 8.78 Å². The van der Waals surface area contributed by atoms with Gasteiger partial charge in [0.15, 0.2) is 0 Å². The molecule has 0 radical (unpaired) electrons. The summed E-state index contributed by atoms with van der Waals surface area (Å²) in [6.45, 7) is 2.55. The van der Waals surface area contributed by atoms with Crippen LogP contribution in [0.15, 0.2) is 48.6 Å². The summed E-state index contributed by atoms with van der Waals surface area (Å²) in [4.78, 5) is 10.7. The van der Waals surface area contributed by atoms with Crippen molar-refractivity contribution in [3.05, 3.63) is 60.0 Å². The molecule has 1 aliphatic carbocycles. The lowest BCUT2D eigenvalue weighted by Gasteiger charge is -2.38. The fourth-order valence-corrected chi connectivity index (χ4v) is 5.37. The molecule has 6 atom stereocenters. The summed E-state index contributed by atoms with van der Waals surface area (Å²) in [7, 11) is 0. The number of aliphatic hydroxyl groups is 1. The highest BCUT2D eigenvalue weighted by atomic mass is 19.1. The zero-order valence-electron chi connectivity index (χ0n) is 19.3. The molecule has 1 saturated carbocycles. The summed E-state index contributed by atoms with van der Waals surface area (Å²) in [6.07, 6.45) is 10.1. The van der Waals surface area contributed by atoms with Crippen LogP contribution in [-0.4, -0.2) is 41.2 Å². The topological polar surface area (TPSA) is 66.8 Å². The Morgan fingerprint density at radius 3 is 2.73 bits per heavy atom. The molecule has 2 bridgehead atoms. The minimum atomic E-state index is -1.28. The Balaban J connectivity index is 1.76. The molecular weight excluding hydrogens is 426 g/mol. The van der Waals surface area contributed by atoms with E-state index in [1.807, 2.05) is 31.2 Å². The SMILES string of the molecule is CCCCC(F)[C@H](O)C=C[C@@H]1[C@@H]2C[C@@](c3ccc(F)cc3)(CO2)[C@H]1CC=CCCCC(=O)O. The molecule has 1 heterocycles. The minimum absolute atomic E-state index is 0.0143. The maximum atomic E-state index is 14.3. The predicted octanol–water partition coefficient (Wildman–Crippen LogP) is 5.75. The van der Waals surface area contributed by atoms with Gasteiger partial charge in [0.1, 0.15) is 18.1 Å². The van der Waals surface area contributed by atoms with Gasteiger partial charge in [-0.05, 0) is 55.7 Å². The van der Waals surface area contributed by atoms with E-state index in [-0.39, 0.29) is 35.6 Å². The number of benzene rings is 1. The van der Waals surface area contributed by atoms with Crippen molar-refractivity contribution in [2.75, 3.05) is 6.61 Å². The molecule has 0 amide bonds. The molecule has 1 aromatic carbocycles. The van der Waals surface area contributed by atoms with Crippen molar-refractivity contribution >= 4 is 5.97 Å². The van der Waals surface area contributed by atoms with E-state index in [1.165, 1.54) is 12.1 Å². The number of aliphatic hydroxyl groups excluding tert-OH is 1. The number of rotatable bonds is 13. The largest absolute Gasteiger partial charge is 0.481 e. The second-order valence-corrected chi connectivity index (χ2v) is 9.43. The normalized spacial score (nSPS) is 28.7. The standard InChI is InChI=1S/C27H36F2O4/c1-2-3-9-23(29)24(30)16-15-21-22(8-6-4-5-7-10-26(31)32)27(17-25(21)33-18-27)19-11-13-20(28)14-12-19/h4,6,11-16,21-25,30H,2-3,5,7-10,17-18H2,1H3,(H,31,32)/t21-,22-,23?,24+,25-,27-/m0/s1. The lowest BCUT2D eigenvalue weighted by molar-refractivity contribution is -0.137. The lowest BCUT2D eigenvalue weighted by atomic mass is 9.69. The fourth-order valence-electron chi connectivity index (χ4n) is 5.37. The zero-order valence-corrected chi connectivity index (χ0v) is 19.3. The van der Waals surface area contributed by atoms with E-state index in [1.54, 1.807) is 6.08 Å². The molecule has 1 saturated heterocycles. The molecule has 182 valence electrons. The van der Waals surface area contributed by atoms with Gasteiger partial charge in [0.25, 0.3) is 0 Å². The number of carboxylic acids is 1. The minimum Gasteiger partial charge on any atom is -0.481 e. The van der Waals surface area contributed by atoms with Crippen LogP contribution in [0.2, 0.25) is 0 Å². The van der Waals surface area contributed by atoms with Crippen LogP contribution in [0.3, 0.4) is 0 Å². The zero-order chi connectivity index (χ0) is 23.8. The fraction of sp³-hybridized carbons (Fsp3) is 0.593. The number of unbranched alkanes of at least 4 members (excludes halogenated alkanes) is 2. The summed E-state index contributed by atoms with van der Waals surface area (Å²) in [5, 5.41) is 19.1. The monoisotopic (exact) mass is 462 g/mol. The van der Waals surface area contributed by atoms with Crippen molar-refractivity contribution in [3.8, 4) is 0 Å². The Morgan fingerprint density at radius 2 is 2.03 bits per heavy atom. The van der Waals surface area contributed by atoms with Crippen molar-refractivity contribution in [1.29, 1.82) is 0 Å². The number of fused-ring (bicyclic) bond motifs is 2. The summed E-state index contributed by atoms with van der Waals surface area (Å²) in [6, 6.07) is 6.61. The molecule has 2 aliphatic rings. The van der Waals surface area contributed by atoms with Gasteiger partial charge in [0, 0.05) is 17.8 Å². The Bertz CT molecular complexity index is 822. The highest BCUT2D eigenvalue weighted by Crippen LogP contribution is 2.57. The van der Waals surface area contributed by atoms with Crippen molar-refractivity contribution in [3.63, 3.8) is 0 Å². The number of aliphatic carboxylic acids is 1.